The predicted molar refractivity (Wildman–Crippen MR) is 41.0 cm³/mol. The molecule has 9 heavy (non-hydrogen) atoms. The zero-order valence-electron chi connectivity index (χ0n) is 5.55. The van der Waals surface area contributed by atoms with Gasteiger partial charge >= 0.3 is 0 Å². The molecule has 2 heteroatoms. The van der Waals surface area contributed by atoms with Gasteiger partial charge in [-0.25, -0.2) is 4.98 Å². The van der Waals surface area contributed by atoms with Crippen molar-refractivity contribution in [2.75, 3.05) is 0 Å². The molecule has 0 aliphatic carbocycles. The number of hydrogen-bond donors (Lipinski definition) is 1. The molecule has 0 atom stereocenters. The molecular weight excluding hydrogens is 130 g/mol. The summed E-state index contributed by atoms with van der Waals surface area (Å²) in [5.41, 5.74) is 2.41. The highest BCUT2D eigenvalue weighted by molar-refractivity contribution is 7.80. The third-order valence-corrected chi connectivity index (χ3v) is 1.90. The number of pyridine rings is 1. The molecule has 0 saturated carbocycles. The van der Waals surface area contributed by atoms with Crippen molar-refractivity contribution in [3.63, 3.8) is 0 Å². The van der Waals surface area contributed by atoms with Crippen LogP contribution in [0.5, 0.6) is 0 Å². The Morgan fingerprint density at radius 2 is 2.11 bits per heavy atom. The number of rotatable bonds is 0. The van der Waals surface area contributed by atoms with E-state index in [-0.39, 0.29) is 0 Å². The highest BCUT2D eigenvalue weighted by atomic mass is 32.1. The topological polar surface area (TPSA) is 12.9 Å². The molecule has 0 bridgehead atoms. The molecule has 48 valence electrons. The highest BCUT2D eigenvalue weighted by Crippen LogP contribution is 2.11. The largest absolute Gasteiger partial charge is 0.250 e. The maximum atomic E-state index is 4.16. The van der Waals surface area contributed by atoms with E-state index in [1.54, 1.807) is 6.20 Å². The first-order chi connectivity index (χ1) is 4.22. The van der Waals surface area contributed by atoms with Crippen molar-refractivity contribution in [1.29, 1.82) is 0 Å². The maximum absolute atomic E-state index is 4.16. The van der Waals surface area contributed by atoms with Gasteiger partial charge in [-0.15, -0.1) is 12.6 Å². The number of aryl methyl sites for hydroxylation is 1. The minimum Gasteiger partial charge on any atom is -0.250 e. The van der Waals surface area contributed by atoms with Crippen LogP contribution in [0.15, 0.2) is 17.3 Å². The minimum absolute atomic E-state index is 0.829. The van der Waals surface area contributed by atoms with Crippen LogP contribution in [0.25, 0.3) is 0 Å². The summed E-state index contributed by atoms with van der Waals surface area (Å²) in [5.74, 6) is 0. The van der Waals surface area contributed by atoms with Gasteiger partial charge in [0.1, 0.15) is 0 Å². The van der Waals surface area contributed by atoms with Crippen molar-refractivity contribution in [3.8, 4) is 0 Å². The second-order valence-corrected chi connectivity index (χ2v) is 2.50. The Hall–Kier alpha value is -0.500. The van der Waals surface area contributed by atoms with Crippen LogP contribution in [0, 0.1) is 13.8 Å². The molecule has 0 aromatic carbocycles. The molecule has 0 fully saturated rings. The second kappa shape index (κ2) is 2.40. The quantitative estimate of drug-likeness (QED) is 0.542. The zero-order chi connectivity index (χ0) is 6.85. The monoisotopic (exact) mass is 139 g/mol. The summed E-state index contributed by atoms with van der Waals surface area (Å²) in [6.45, 7) is 4.07. The van der Waals surface area contributed by atoms with Crippen molar-refractivity contribution in [1.82, 2.24) is 4.98 Å². The van der Waals surface area contributed by atoms with Crippen molar-refractivity contribution in [3.05, 3.63) is 23.4 Å². The van der Waals surface area contributed by atoms with Crippen molar-refractivity contribution in [2.24, 2.45) is 0 Å². The third-order valence-electron chi connectivity index (χ3n) is 1.45. The zero-order valence-corrected chi connectivity index (χ0v) is 6.44. The van der Waals surface area contributed by atoms with E-state index in [4.69, 9.17) is 0 Å². The van der Waals surface area contributed by atoms with Gasteiger partial charge < -0.3 is 0 Å². The van der Waals surface area contributed by atoms with Gasteiger partial charge in [0.05, 0.1) is 5.03 Å². The molecule has 0 spiro atoms. The number of nitrogens with zero attached hydrogens (tertiary/aromatic N) is 1. The number of hydrogen-bond acceptors (Lipinski definition) is 2. The van der Waals surface area contributed by atoms with E-state index in [0.717, 1.165) is 5.03 Å². The van der Waals surface area contributed by atoms with E-state index in [1.165, 1.54) is 11.1 Å². The number of aromatic nitrogens is 1. The van der Waals surface area contributed by atoms with Crippen LogP contribution in [0.1, 0.15) is 11.1 Å². The lowest BCUT2D eigenvalue weighted by molar-refractivity contribution is 1.06. The molecule has 0 N–H and O–H groups in total. The smallest absolute Gasteiger partial charge is 0.0961 e. The summed E-state index contributed by atoms with van der Waals surface area (Å²) in [7, 11) is 0. The van der Waals surface area contributed by atoms with Crippen LogP contribution in [0.4, 0.5) is 0 Å². The van der Waals surface area contributed by atoms with Crippen molar-refractivity contribution >= 4 is 12.6 Å². The highest BCUT2D eigenvalue weighted by Gasteiger charge is 1.94. The minimum atomic E-state index is 0.829. The van der Waals surface area contributed by atoms with E-state index in [9.17, 15) is 0 Å². The summed E-state index contributed by atoms with van der Waals surface area (Å²) in [6, 6.07) is 1.98. The molecule has 1 heterocycles. The fraction of sp³-hybridized carbons (Fsp3) is 0.286. The van der Waals surface area contributed by atoms with E-state index < -0.39 is 0 Å². The van der Waals surface area contributed by atoms with E-state index in [1.807, 2.05) is 13.0 Å². The van der Waals surface area contributed by atoms with Gasteiger partial charge in [-0.2, -0.15) is 0 Å². The fourth-order valence-corrected chi connectivity index (χ4v) is 0.861. The van der Waals surface area contributed by atoms with Crippen LogP contribution >= 0.6 is 12.6 Å². The van der Waals surface area contributed by atoms with E-state index in [0.29, 0.717) is 0 Å². The Balaban J connectivity index is 3.25. The first kappa shape index (κ1) is 6.62. The SMILES string of the molecule is Cc1ccnc(S)c1C. The van der Waals surface area contributed by atoms with Crippen LogP contribution in [0.3, 0.4) is 0 Å². The Morgan fingerprint density at radius 3 is 2.56 bits per heavy atom. The van der Waals surface area contributed by atoms with Gasteiger partial charge in [-0.3, -0.25) is 0 Å². The summed E-state index contributed by atoms with van der Waals surface area (Å²) in [6.07, 6.45) is 1.77. The van der Waals surface area contributed by atoms with Gasteiger partial charge in [0.15, 0.2) is 0 Å². The summed E-state index contributed by atoms with van der Waals surface area (Å²) >= 11 is 4.16. The Bertz CT molecular complexity index is 200. The molecule has 0 amide bonds. The Morgan fingerprint density at radius 1 is 1.44 bits per heavy atom. The molecule has 0 aliphatic heterocycles. The maximum Gasteiger partial charge on any atom is 0.0961 e. The second-order valence-electron chi connectivity index (χ2n) is 2.08. The van der Waals surface area contributed by atoms with Crippen LogP contribution in [0.2, 0.25) is 0 Å². The fourth-order valence-electron chi connectivity index (χ4n) is 0.618. The Kier molecular flexibility index (Phi) is 1.76. The van der Waals surface area contributed by atoms with Gasteiger partial charge in [-0.05, 0) is 31.0 Å². The van der Waals surface area contributed by atoms with E-state index in [2.05, 4.69) is 24.5 Å². The standard InChI is InChI=1S/C7H9NS/c1-5-3-4-8-7(9)6(5)2/h3-4H,1-2H3,(H,8,9). The molecule has 1 nitrogen and oxygen atoms in total. The average Bonchev–Trinajstić information content (AvgIpc) is 1.83. The molecule has 1 aromatic heterocycles. The first-order valence-electron chi connectivity index (χ1n) is 2.83. The third kappa shape index (κ3) is 1.24. The van der Waals surface area contributed by atoms with Gasteiger partial charge in [0.25, 0.3) is 0 Å². The molecule has 0 radical (unpaired) electrons. The lowest BCUT2D eigenvalue weighted by Crippen LogP contribution is -1.84. The lowest BCUT2D eigenvalue weighted by atomic mass is 10.2. The summed E-state index contributed by atoms with van der Waals surface area (Å²) in [5, 5.41) is 0.829. The van der Waals surface area contributed by atoms with Gasteiger partial charge in [0, 0.05) is 6.20 Å². The van der Waals surface area contributed by atoms with Crippen LogP contribution < -0.4 is 0 Å². The van der Waals surface area contributed by atoms with Gasteiger partial charge in [-0.1, -0.05) is 0 Å². The van der Waals surface area contributed by atoms with Crippen molar-refractivity contribution in [2.45, 2.75) is 18.9 Å². The van der Waals surface area contributed by atoms with Crippen LogP contribution in [-0.2, 0) is 0 Å². The molecule has 0 unspecified atom stereocenters. The predicted octanol–water partition coefficient (Wildman–Crippen LogP) is 1.99. The summed E-state index contributed by atoms with van der Waals surface area (Å²) in [4.78, 5) is 4.00. The van der Waals surface area contributed by atoms with Crippen molar-refractivity contribution < 1.29 is 0 Å². The summed E-state index contributed by atoms with van der Waals surface area (Å²) < 4.78 is 0. The molecular formula is C7H9NS. The first-order valence-corrected chi connectivity index (χ1v) is 3.27. The average molecular weight is 139 g/mol. The lowest BCUT2D eigenvalue weighted by Gasteiger charge is -1.98. The number of thiol groups is 1. The van der Waals surface area contributed by atoms with E-state index >= 15 is 0 Å². The van der Waals surface area contributed by atoms with Crippen LogP contribution in [-0.4, -0.2) is 4.98 Å². The molecule has 0 aliphatic rings. The molecule has 1 rings (SSSR count). The molecule has 1 aromatic rings. The normalized spacial score (nSPS) is 9.67. The molecule has 0 saturated heterocycles. The Labute approximate surface area is 60.5 Å². The van der Waals surface area contributed by atoms with Gasteiger partial charge in [0.2, 0.25) is 0 Å².